The lowest BCUT2D eigenvalue weighted by atomic mass is 10.0. The molecule has 362 valence electrons. The molecule has 0 aromatic rings. The third kappa shape index (κ3) is 46.8. The lowest BCUT2D eigenvalue weighted by molar-refractivity contribution is -0.870. The summed E-state index contributed by atoms with van der Waals surface area (Å²) in [6.07, 6.45) is 53.8. The van der Waals surface area contributed by atoms with Crippen LogP contribution in [0.4, 0.5) is 0 Å². The average Bonchev–Trinajstić information content (AvgIpc) is 3.21. The molecular weight excluding hydrogens is 780 g/mol. The van der Waals surface area contributed by atoms with Gasteiger partial charge in [0.15, 0.2) is 0 Å². The minimum atomic E-state index is -4.60. The summed E-state index contributed by atoms with van der Waals surface area (Å²) < 4.78 is 23.3. The number of likely N-dealkylation sites (N-methyl/N-ethyl adjacent to an activating group) is 1. The van der Waals surface area contributed by atoms with Gasteiger partial charge in [0.2, 0.25) is 5.91 Å². The fourth-order valence-corrected chi connectivity index (χ4v) is 8.48. The third-order valence-corrected chi connectivity index (χ3v) is 12.9. The number of amides is 1. The number of nitrogens with one attached hydrogen (secondary N) is 1. The highest BCUT2D eigenvalue weighted by Crippen LogP contribution is 2.38. The van der Waals surface area contributed by atoms with E-state index in [1.54, 1.807) is 6.08 Å². The highest BCUT2D eigenvalue weighted by Gasteiger charge is 2.23. The van der Waals surface area contributed by atoms with Crippen molar-refractivity contribution < 1.29 is 32.9 Å². The number of aliphatic hydroxyl groups excluding tert-OH is 1. The lowest BCUT2D eigenvalue weighted by Crippen LogP contribution is -2.45. The number of rotatable bonds is 48. The molecule has 0 spiro atoms. The predicted octanol–water partition coefficient (Wildman–Crippen LogP) is 14.6. The van der Waals surface area contributed by atoms with Gasteiger partial charge in [0.05, 0.1) is 39.9 Å². The van der Waals surface area contributed by atoms with Crippen molar-refractivity contribution >= 4 is 13.7 Å². The molecule has 1 amide bonds. The Labute approximate surface area is 379 Å². The molecule has 3 atom stereocenters. The molecule has 0 rings (SSSR count). The molecule has 3 unspecified atom stereocenters. The largest absolute Gasteiger partial charge is 0.756 e. The second-order valence-corrected chi connectivity index (χ2v) is 20.6. The van der Waals surface area contributed by atoms with Gasteiger partial charge in [-0.1, -0.05) is 237 Å². The van der Waals surface area contributed by atoms with E-state index in [9.17, 15) is 19.4 Å². The molecule has 9 heteroatoms. The van der Waals surface area contributed by atoms with Crippen LogP contribution in [0.1, 0.15) is 251 Å². The maximum absolute atomic E-state index is 12.9. The van der Waals surface area contributed by atoms with Gasteiger partial charge in [0.1, 0.15) is 13.2 Å². The Kier molecular flexibility index (Phi) is 43.5. The number of carbonyl (C=O) groups excluding carboxylic acids is 1. The fraction of sp³-hybridized carbons (Fsp3) is 0.904. The van der Waals surface area contributed by atoms with Gasteiger partial charge in [-0.05, 0) is 32.1 Å². The molecule has 0 radical (unpaired) electrons. The Morgan fingerprint density at radius 1 is 0.557 bits per heavy atom. The second kappa shape index (κ2) is 44.2. The molecule has 61 heavy (non-hydrogen) atoms. The number of carbonyl (C=O) groups is 1. The minimum absolute atomic E-state index is 0.00393. The van der Waals surface area contributed by atoms with E-state index >= 15 is 0 Å². The zero-order chi connectivity index (χ0) is 45.0. The molecule has 8 nitrogen and oxygen atoms in total. The van der Waals surface area contributed by atoms with E-state index in [2.05, 4.69) is 31.3 Å². The van der Waals surface area contributed by atoms with Crippen molar-refractivity contribution in [2.75, 3.05) is 40.9 Å². The molecular formula is C52H103N2O6P. The number of phosphoric acid groups is 1. The number of unbranched alkanes of at least 4 members (excludes halogenated alkanes) is 33. The van der Waals surface area contributed by atoms with Crippen LogP contribution in [0.2, 0.25) is 0 Å². The summed E-state index contributed by atoms with van der Waals surface area (Å²) in [6, 6.07) is -0.899. The number of allylic oxidation sites excluding steroid dienone is 3. The smallest absolute Gasteiger partial charge is 0.268 e. The second-order valence-electron chi connectivity index (χ2n) is 19.2. The Hall–Kier alpha value is -1.02. The van der Waals surface area contributed by atoms with E-state index in [-0.39, 0.29) is 19.1 Å². The molecule has 0 aromatic carbocycles. The van der Waals surface area contributed by atoms with Crippen molar-refractivity contribution in [3.63, 3.8) is 0 Å². The summed E-state index contributed by atoms with van der Waals surface area (Å²) in [5.74, 6) is -0.203. The number of aliphatic hydroxyl groups is 1. The molecule has 0 aliphatic carbocycles. The zero-order valence-electron chi connectivity index (χ0n) is 41.1. The van der Waals surface area contributed by atoms with Gasteiger partial charge in [-0.15, -0.1) is 0 Å². The third-order valence-electron chi connectivity index (χ3n) is 11.9. The summed E-state index contributed by atoms with van der Waals surface area (Å²) >= 11 is 0. The van der Waals surface area contributed by atoms with Crippen LogP contribution in [0.25, 0.3) is 0 Å². The summed E-state index contributed by atoms with van der Waals surface area (Å²) in [5, 5.41) is 13.8. The SMILES string of the molecule is CCCCCCCCCCCCC/C=C/CC/C=C/C(O)C(COP(=O)([O-])OCC[N+](C)(C)C)NC(=O)CCCCCCCCCCCCCCCCCCCCCCCC. The summed E-state index contributed by atoms with van der Waals surface area (Å²) in [7, 11) is 1.25. The van der Waals surface area contributed by atoms with Crippen LogP contribution in [0.5, 0.6) is 0 Å². The standard InChI is InChI=1S/C52H103N2O6P/c1-6-8-10-12-14-16-18-20-22-24-25-26-27-28-30-32-34-36-38-40-42-44-46-52(56)53-50(49-60-61(57,58)59-48-47-54(3,4)5)51(55)45-43-41-39-37-35-33-31-29-23-21-19-17-15-13-11-9-7-2/h35,37,43,45,50-51,55H,6-34,36,38-42,44,46-49H2,1-5H3,(H-,53,56,57,58)/b37-35+,45-43+. The van der Waals surface area contributed by atoms with Crippen LogP contribution in [-0.4, -0.2) is 68.5 Å². The van der Waals surface area contributed by atoms with Crippen molar-refractivity contribution in [1.82, 2.24) is 5.32 Å². The van der Waals surface area contributed by atoms with E-state index in [1.165, 1.54) is 193 Å². The Morgan fingerprint density at radius 2 is 0.918 bits per heavy atom. The molecule has 0 fully saturated rings. The van der Waals surface area contributed by atoms with Crippen LogP contribution in [0.15, 0.2) is 24.3 Å². The van der Waals surface area contributed by atoms with Crippen molar-refractivity contribution in [1.29, 1.82) is 0 Å². The van der Waals surface area contributed by atoms with Crippen molar-refractivity contribution in [2.45, 2.75) is 264 Å². The lowest BCUT2D eigenvalue weighted by Gasteiger charge is -2.29. The predicted molar refractivity (Wildman–Crippen MR) is 261 cm³/mol. The highest BCUT2D eigenvalue weighted by atomic mass is 31.2. The Morgan fingerprint density at radius 3 is 1.33 bits per heavy atom. The summed E-state index contributed by atoms with van der Waals surface area (Å²) in [6.45, 7) is 4.66. The van der Waals surface area contributed by atoms with Crippen LogP contribution in [-0.2, 0) is 18.4 Å². The van der Waals surface area contributed by atoms with E-state index in [0.29, 0.717) is 17.4 Å². The first-order valence-corrected chi connectivity index (χ1v) is 27.7. The molecule has 2 N–H and O–H groups in total. The monoisotopic (exact) mass is 883 g/mol. The van der Waals surface area contributed by atoms with Crippen molar-refractivity contribution in [3.8, 4) is 0 Å². The van der Waals surface area contributed by atoms with Gasteiger partial charge in [0.25, 0.3) is 7.82 Å². The zero-order valence-corrected chi connectivity index (χ0v) is 42.0. The number of hydrogen-bond acceptors (Lipinski definition) is 6. The van der Waals surface area contributed by atoms with Crippen LogP contribution in [0, 0.1) is 0 Å². The Bertz CT molecular complexity index is 1050. The topological polar surface area (TPSA) is 108 Å². The van der Waals surface area contributed by atoms with Gasteiger partial charge in [-0.2, -0.15) is 0 Å². The molecule has 0 saturated carbocycles. The van der Waals surface area contributed by atoms with Crippen molar-refractivity contribution in [2.24, 2.45) is 0 Å². The molecule has 0 aliphatic heterocycles. The maximum atomic E-state index is 12.9. The minimum Gasteiger partial charge on any atom is -0.756 e. The normalized spacial score (nSPS) is 14.3. The molecule has 0 aliphatic rings. The number of phosphoric ester groups is 1. The summed E-state index contributed by atoms with van der Waals surface area (Å²) in [4.78, 5) is 25.4. The molecule has 0 bridgehead atoms. The van der Waals surface area contributed by atoms with Crippen LogP contribution >= 0.6 is 7.82 Å². The quantitative estimate of drug-likeness (QED) is 0.0273. The first kappa shape index (κ1) is 60.0. The molecule has 0 heterocycles. The van der Waals surface area contributed by atoms with E-state index in [1.807, 2.05) is 27.2 Å². The molecule has 0 saturated heterocycles. The van der Waals surface area contributed by atoms with Gasteiger partial charge in [0, 0.05) is 6.42 Å². The molecule has 0 aromatic heterocycles. The van der Waals surface area contributed by atoms with Gasteiger partial charge in [-0.3, -0.25) is 9.36 Å². The number of nitrogens with zero attached hydrogens (tertiary/aromatic N) is 1. The van der Waals surface area contributed by atoms with E-state index < -0.39 is 20.0 Å². The first-order chi connectivity index (χ1) is 29.5. The number of hydrogen-bond donors (Lipinski definition) is 2. The van der Waals surface area contributed by atoms with E-state index in [4.69, 9.17) is 9.05 Å². The Balaban J connectivity index is 4.28. The van der Waals surface area contributed by atoms with Gasteiger partial charge >= 0.3 is 0 Å². The van der Waals surface area contributed by atoms with Crippen molar-refractivity contribution in [3.05, 3.63) is 24.3 Å². The summed E-state index contributed by atoms with van der Waals surface area (Å²) in [5.41, 5.74) is 0. The fourth-order valence-electron chi connectivity index (χ4n) is 7.76. The highest BCUT2D eigenvalue weighted by molar-refractivity contribution is 7.45. The first-order valence-electron chi connectivity index (χ1n) is 26.2. The van der Waals surface area contributed by atoms with E-state index in [0.717, 1.165) is 38.5 Å². The van der Waals surface area contributed by atoms with Gasteiger partial charge in [-0.25, -0.2) is 0 Å². The number of quaternary nitrogens is 1. The van der Waals surface area contributed by atoms with Gasteiger partial charge < -0.3 is 28.8 Å². The average molecular weight is 883 g/mol. The van der Waals surface area contributed by atoms with Crippen LogP contribution < -0.4 is 10.2 Å². The van der Waals surface area contributed by atoms with Crippen LogP contribution in [0.3, 0.4) is 0 Å². The maximum Gasteiger partial charge on any atom is 0.268 e.